The molecule has 0 fully saturated rings. The molecule has 20 heavy (non-hydrogen) atoms. The summed E-state index contributed by atoms with van der Waals surface area (Å²) < 4.78 is 23.5. The first-order valence-corrected chi connectivity index (χ1v) is 7.05. The maximum Gasteiger partial charge on any atom is 0.326 e. The van der Waals surface area contributed by atoms with Gasteiger partial charge in [0, 0.05) is 26.3 Å². The SMILES string of the molecule is Cn1cc(S(N)(=O)=O)cc1C(=O)N[C@@H](CCO)C(=O)O. The van der Waals surface area contributed by atoms with Gasteiger partial charge in [-0.1, -0.05) is 0 Å². The number of rotatable bonds is 6. The molecule has 0 bridgehead atoms. The molecule has 5 N–H and O–H groups in total. The lowest BCUT2D eigenvalue weighted by Gasteiger charge is -2.13. The predicted molar refractivity (Wildman–Crippen MR) is 67.4 cm³/mol. The molecule has 0 aromatic carbocycles. The minimum Gasteiger partial charge on any atom is -0.480 e. The van der Waals surface area contributed by atoms with Gasteiger partial charge in [-0.25, -0.2) is 18.4 Å². The molecule has 0 radical (unpaired) electrons. The summed E-state index contributed by atoms with van der Waals surface area (Å²) in [5, 5.41) is 24.7. The number of aliphatic hydroxyl groups is 1. The van der Waals surface area contributed by atoms with E-state index in [1.807, 2.05) is 0 Å². The number of aryl methyl sites for hydroxylation is 1. The summed E-state index contributed by atoms with van der Waals surface area (Å²) in [4.78, 5) is 22.5. The monoisotopic (exact) mass is 305 g/mol. The molecule has 1 aromatic heterocycles. The number of carbonyl (C=O) groups excluding carboxylic acids is 1. The average Bonchev–Trinajstić information content (AvgIpc) is 2.70. The van der Waals surface area contributed by atoms with Gasteiger partial charge in [0.25, 0.3) is 5.91 Å². The van der Waals surface area contributed by atoms with Crippen LogP contribution < -0.4 is 10.5 Å². The molecule has 9 nitrogen and oxygen atoms in total. The van der Waals surface area contributed by atoms with Crippen LogP contribution in [0.4, 0.5) is 0 Å². The van der Waals surface area contributed by atoms with Crippen molar-refractivity contribution in [2.75, 3.05) is 6.61 Å². The minimum absolute atomic E-state index is 0.0572. The standard InChI is InChI=1S/C10H15N3O6S/c1-13-5-6(20(11,18)19)4-8(13)9(15)12-7(2-3-14)10(16)17/h4-5,7,14H,2-3H2,1H3,(H,12,15)(H,16,17)(H2,11,18,19)/t7-/m0/s1. The first-order valence-electron chi connectivity index (χ1n) is 5.50. The second-order valence-electron chi connectivity index (χ2n) is 4.09. The number of hydrogen-bond donors (Lipinski definition) is 4. The summed E-state index contributed by atoms with van der Waals surface area (Å²) in [6.07, 6.45) is 0.986. The Hall–Kier alpha value is -1.91. The molecule has 0 aliphatic carbocycles. The van der Waals surface area contributed by atoms with E-state index >= 15 is 0 Å². The fraction of sp³-hybridized carbons (Fsp3) is 0.400. The molecule has 0 saturated carbocycles. The van der Waals surface area contributed by atoms with E-state index in [4.69, 9.17) is 15.4 Å². The lowest BCUT2D eigenvalue weighted by molar-refractivity contribution is -0.139. The van der Waals surface area contributed by atoms with Crippen molar-refractivity contribution < 1.29 is 28.2 Å². The average molecular weight is 305 g/mol. The number of hydrogen-bond acceptors (Lipinski definition) is 5. The van der Waals surface area contributed by atoms with E-state index < -0.39 is 34.5 Å². The molecule has 0 saturated heterocycles. The van der Waals surface area contributed by atoms with Crippen LogP contribution in [-0.4, -0.2) is 47.7 Å². The highest BCUT2D eigenvalue weighted by Gasteiger charge is 2.23. The predicted octanol–water partition coefficient (Wildman–Crippen LogP) is -1.76. The fourth-order valence-corrected chi connectivity index (χ4v) is 2.12. The number of sulfonamides is 1. The number of aromatic nitrogens is 1. The molecule has 1 rings (SSSR count). The van der Waals surface area contributed by atoms with Crippen LogP contribution in [0.3, 0.4) is 0 Å². The summed E-state index contributed by atoms with van der Waals surface area (Å²) >= 11 is 0. The first-order chi connectivity index (χ1) is 9.16. The van der Waals surface area contributed by atoms with Crippen molar-refractivity contribution >= 4 is 21.9 Å². The molecule has 1 aromatic rings. The van der Waals surface area contributed by atoms with Gasteiger partial charge in [-0.2, -0.15) is 0 Å². The summed E-state index contributed by atoms with van der Waals surface area (Å²) in [5.74, 6) is -2.07. The van der Waals surface area contributed by atoms with E-state index in [1.54, 1.807) is 0 Å². The van der Waals surface area contributed by atoms with Gasteiger partial charge in [-0.3, -0.25) is 4.79 Å². The molecule has 1 amide bonds. The van der Waals surface area contributed by atoms with E-state index in [0.29, 0.717) is 0 Å². The Morgan fingerprint density at radius 2 is 2.10 bits per heavy atom. The number of aliphatic carboxylic acids is 1. The van der Waals surface area contributed by atoms with Crippen LogP contribution in [-0.2, 0) is 21.9 Å². The smallest absolute Gasteiger partial charge is 0.326 e. The highest BCUT2D eigenvalue weighted by Crippen LogP contribution is 2.12. The number of aliphatic hydroxyl groups excluding tert-OH is 1. The van der Waals surface area contributed by atoms with Crippen molar-refractivity contribution in [1.82, 2.24) is 9.88 Å². The van der Waals surface area contributed by atoms with Gasteiger partial charge in [-0.15, -0.1) is 0 Å². The zero-order valence-electron chi connectivity index (χ0n) is 10.6. The molecular formula is C10H15N3O6S. The largest absolute Gasteiger partial charge is 0.480 e. The van der Waals surface area contributed by atoms with Crippen LogP contribution in [0.25, 0.3) is 0 Å². The van der Waals surface area contributed by atoms with E-state index in [1.165, 1.54) is 11.6 Å². The van der Waals surface area contributed by atoms with Crippen LogP contribution in [0, 0.1) is 0 Å². The van der Waals surface area contributed by atoms with E-state index in [2.05, 4.69) is 5.32 Å². The van der Waals surface area contributed by atoms with E-state index in [-0.39, 0.29) is 17.0 Å². The highest BCUT2D eigenvalue weighted by molar-refractivity contribution is 7.89. The molecule has 1 heterocycles. The Labute approximate surface area is 115 Å². The zero-order valence-corrected chi connectivity index (χ0v) is 11.4. The Bertz CT molecular complexity index is 621. The first kappa shape index (κ1) is 16.1. The number of nitrogens with two attached hydrogens (primary N) is 1. The molecule has 0 aliphatic rings. The van der Waals surface area contributed by atoms with Gasteiger partial charge in [0.05, 0.1) is 0 Å². The highest BCUT2D eigenvalue weighted by atomic mass is 32.2. The van der Waals surface area contributed by atoms with Gasteiger partial charge >= 0.3 is 5.97 Å². The Balaban J connectivity index is 2.98. The normalized spacial score (nSPS) is 12.9. The zero-order chi connectivity index (χ0) is 15.5. The number of nitrogens with zero attached hydrogens (tertiary/aromatic N) is 1. The van der Waals surface area contributed by atoms with E-state index in [9.17, 15) is 18.0 Å². The van der Waals surface area contributed by atoms with Gasteiger partial charge in [0.15, 0.2) is 0 Å². The van der Waals surface area contributed by atoms with Crippen LogP contribution >= 0.6 is 0 Å². The lowest BCUT2D eigenvalue weighted by Crippen LogP contribution is -2.41. The number of carbonyl (C=O) groups is 2. The number of nitrogens with one attached hydrogen (secondary N) is 1. The van der Waals surface area contributed by atoms with Crippen molar-refractivity contribution in [3.05, 3.63) is 18.0 Å². The fourth-order valence-electron chi connectivity index (χ4n) is 1.53. The maximum atomic E-state index is 11.9. The number of carboxylic acids is 1. The third-order valence-electron chi connectivity index (χ3n) is 2.56. The summed E-state index contributed by atoms with van der Waals surface area (Å²) in [6, 6.07) is -0.219. The van der Waals surface area contributed by atoms with Gasteiger partial charge in [0.2, 0.25) is 10.0 Å². The third-order valence-corrected chi connectivity index (χ3v) is 3.44. The summed E-state index contributed by atoms with van der Waals surface area (Å²) in [6.45, 7) is -0.410. The van der Waals surface area contributed by atoms with Crippen molar-refractivity contribution in [2.45, 2.75) is 17.4 Å². The number of carboxylic acid groups (broad SMARTS) is 1. The summed E-state index contributed by atoms with van der Waals surface area (Å²) in [7, 11) is -2.53. The van der Waals surface area contributed by atoms with Gasteiger partial charge in [-0.05, 0) is 6.07 Å². The Morgan fingerprint density at radius 1 is 1.50 bits per heavy atom. The molecule has 10 heteroatoms. The van der Waals surface area contributed by atoms with Crippen molar-refractivity contribution in [3.63, 3.8) is 0 Å². The topological polar surface area (TPSA) is 152 Å². The van der Waals surface area contributed by atoms with Gasteiger partial charge < -0.3 is 20.1 Å². The van der Waals surface area contributed by atoms with Crippen molar-refractivity contribution in [1.29, 1.82) is 0 Å². The van der Waals surface area contributed by atoms with Crippen molar-refractivity contribution in [2.24, 2.45) is 12.2 Å². The molecule has 1 atom stereocenters. The van der Waals surface area contributed by atoms with Crippen LogP contribution in [0.5, 0.6) is 0 Å². The van der Waals surface area contributed by atoms with Gasteiger partial charge in [0.1, 0.15) is 16.6 Å². The quantitative estimate of drug-likeness (QED) is 0.488. The lowest BCUT2D eigenvalue weighted by atomic mass is 10.2. The minimum atomic E-state index is -3.95. The van der Waals surface area contributed by atoms with Crippen molar-refractivity contribution in [3.8, 4) is 0 Å². The Kier molecular flexibility index (Phi) is 4.87. The second kappa shape index (κ2) is 6.03. The van der Waals surface area contributed by atoms with Crippen LogP contribution in [0.2, 0.25) is 0 Å². The third kappa shape index (κ3) is 3.79. The Morgan fingerprint density at radius 3 is 2.50 bits per heavy atom. The molecule has 0 aliphatic heterocycles. The molecule has 112 valence electrons. The van der Waals surface area contributed by atoms with Crippen LogP contribution in [0.1, 0.15) is 16.9 Å². The van der Waals surface area contributed by atoms with Crippen LogP contribution in [0.15, 0.2) is 17.2 Å². The molecule has 0 unspecified atom stereocenters. The maximum absolute atomic E-state index is 11.9. The van der Waals surface area contributed by atoms with E-state index in [0.717, 1.165) is 12.3 Å². The molecule has 0 spiro atoms. The number of amides is 1. The molecular weight excluding hydrogens is 290 g/mol. The number of primary sulfonamides is 1. The summed E-state index contributed by atoms with van der Waals surface area (Å²) in [5.41, 5.74) is -0.0572. The second-order valence-corrected chi connectivity index (χ2v) is 5.65.